The van der Waals surface area contributed by atoms with Crippen molar-refractivity contribution in [1.82, 2.24) is 9.55 Å². The Labute approximate surface area is 151 Å². The van der Waals surface area contributed by atoms with E-state index in [4.69, 9.17) is 9.47 Å². The molecule has 0 fully saturated rings. The molecule has 3 aromatic rings. The average molecular weight is 371 g/mol. The van der Waals surface area contributed by atoms with Crippen LogP contribution in [0, 0.1) is 0 Å². The molecule has 2 aromatic carbocycles. The van der Waals surface area contributed by atoms with Crippen molar-refractivity contribution in [1.29, 1.82) is 0 Å². The Morgan fingerprint density at radius 2 is 1.77 bits per heavy atom. The van der Waals surface area contributed by atoms with Crippen LogP contribution in [0.15, 0.2) is 54.9 Å². The summed E-state index contributed by atoms with van der Waals surface area (Å²) in [6, 6.07) is 12.8. The molecule has 0 radical (unpaired) electrons. The predicted molar refractivity (Wildman–Crippen MR) is 98.5 cm³/mol. The van der Waals surface area contributed by atoms with Crippen LogP contribution in [0.5, 0.6) is 11.5 Å². The number of aromatic nitrogens is 2. The molecule has 0 unspecified atom stereocenters. The number of nitrogens with zero attached hydrogens (tertiary/aromatic N) is 2. The largest absolute Gasteiger partial charge is 0.486 e. The van der Waals surface area contributed by atoms with Crippen LogP contribution in [0.1, 0.15) is 0 Å². The number of hydrogen-bond donors (Lipinski definition) is 1. The van der Waals surface area contributed by atoms with Gasteiger partial charge in [-0.05, 0) is 42.5 Å². The van der Waals surface area contributed by atoms with E-state index in [1.807, 2.05) is 41.1 Å². The average Bonchev–Trinajstić information content (AvgIpc) is 3.10. The Morgan fingerprint density at radius 3 is 2.50 bits per heavy atom. The summed E-state index contributed by atoms with van der Waals surface area (Å²) >= 11 is 0. The molecule has 26 heavy (non-hydrogen) atoms. The highest BCUT2D eigenvalue weighted by atomic mass is 32.2. The molecule has 0 spiro atoms. The maximum atomic E-state index is 11.3. The molecule has 0 saturated carbocycles. The van der Waals surface area contributed by atoms with Crippen LogP contribution in [-0.4, -0.2) is 37.4 Å². The van der Waals surface area contributed by atoms with Crippen molar-refractivity contribution in [3.8, 4) is 28.6 Å². The second-order valence-electron chi connectivity index (χ2n) is 5.90. The number of imidazole rings is 1. The SMILES string of the molecule is CS(=O)(=O)Nc1ccc(-n2ccnc2-c2ccc3c(c2)OCCO3)cc1. The summed E-state index contributed by atoms with van der Waals surface area (Å²) in [6.45, 7) is 1.08. The van der Waals surface area contributed by atoms with Gasteiger partial charge in [-0.1, -0.05) is 0 Å². The van der Waals surface area contributed by atoms with Crippen molar-refractivity contribution >= 4 is 15.7 Å². The molecule has 0 saturated heterocycles. The Kier molecular flexibility index (Phi) is 4.04. The lowest BCUT2D eigenvalue weighted by molar-refractivity contribution is 0.171. The maximum Gasteiger partial charge on any atom is 0.229 e. The molecule has 8 heteroatoms. The van der Waals surface area contributed by atoms with Crippen molar-refractivity contribution in [3.63, 3.8) is 0 Å². The van der Waals surface area contributed by atoms with Crippen LogP contribution in [0.25, 0.3) is 17.1 Å². The molecule has 0 atom stereocenters. The minimum Gasteiger partial charge on any atom is -0.486 e. The number of fused-ring (bicyclic) bond motifs is 1. The fourth-order valence-corrected chi connectivity index (χ4v) is 3.38. The highest BCUT2D eigenvalue weighted by Crippen LogP contribution is 2.34. The molecular formula is C18H17N3O4S. The zero-order valence-electron chi connectivity index (χ0n) is 14.0. The van der Waals surface area contributed by atoms with Gasteiger partial charge in [-0.25, -0.2) is 13.4 Å². The molecule has 4 rings (SSSR count). The van der Waals surface area contributed by atoms with Crippen molar-refractivity contribution in [2.75, 3.05) is 24.2 Å². The summed E-state index contributed by atoms with van der Waals surface area (Å²) in [6.07, 6.45) is 4.69. The van der Waals surface area contributed by atoms with Gasteiger partial charge < -0.3 is 9.47 Å². The van der Waals surface area contributed by atoms with Crippen LogP contribution < -0.4 is 14.2 Å². The van der Waals surface area contributed by atoms with E-state index in [0.29, 0.717) is 24.7 Å². The first-order valence-corrected chi connectivity index (χ1v) is 9.90. The van der Waals surface area contributed by atoms with Gasteiger partial charge in [0.05, 0.1) is 6.26 Å². The quantitative estimate of drug-likeness (QED) is 0.762. The van der Waals surface area contributed by atoms with Crippen LogP contribution in [-0.2, 0) is 10.0 Å². The molecule has 134 valence electrons. The maximum absolute atomic E-state index is 11.3. The molecule has 7 nitrogen and oxygen atoms in total. The summed E-state index contributed by atoms with van der Waals surface area (Å²) in [5, 5.41) is 0. The topological polar surface area (TPSA) is 82.5 Å². The van der Waals surface area contributed by atoms with Gasteiger partial charge in [-0.2, -0.15) is 0 Å². The summed E-state index contributed by atoms with van der Waals surface area (Å²) < 4.78 is 38.2. The number of rotatable bonds is 4. The molecule has 1 aliphatic heterocycles. The molecular weight excluding hydrogens is 354 g/mol. The van der Waals surface area contributed by atoms with E-state index in [1.165, 1.54) is 0 Å². The lowest BCUT2D eigenvalue weighted by Gasteiger charge is -2.19. The zero-order valence-corrected chi connectivity index (χ0v) is 14.9. The molecule has 1 aromatic heterocycles. The number of benzene rings is 2. The predicted octanol–water partition coefficient (Wildman–Crippen LogP) is 2.68. The first-order valence-electron chi connectivity index (χ1n) is 8.01. The third-order valence-electron chi connectivity index (χ3n) is 3.89. The van der Waals surface area contributed by atoms with Crippen LogP contribution in [0.2, 0.25) is 0 Å². The van der Waals surface area contributed by atoms with Gasteiger partial charge in [-0.3, -0.25) is 9.29 Å². The van der Waals surface area contributed by atoms with E-state index in [0.717, 1.165) is 29.1 Å². The third kappa shape index (κ3) is 3.36. The number of nitrogens with one attached hydrogen (secondary N) is 1. The monoisotopic (exact) mass is 371 g/mol. The van der Waals surface area contributed by atoms with Gasteiger partial charge in [0.25, 0.3) is 0 Å². The standard InChI is InChI=1S/C18H17N3O4S/c1-26(22,23)20-14-3-5-15(6-4-14)21-9-8-19-18(21)13-2-7-16-17(12-13)25-11-10-24-16/h2-9,12,20H,10-11H2,1H3. The molecule has 1 aliphatic rings. The van der Waals surface area contributed by atoms with Gasteiger partial charge in [0.15, 0.2) is 11.5 Å². The van der Waals surface area contributed by atoms with E-state index in [1.54, 1.807) is 18.3 Å². The van der Waals surface area contributed by atoms with E-state index in [-0.39, 0.29) is 0 Å². The van der Waals surface area contributed by atoms with Gasteiger partial charge in [0.1, 0.15) is 19.0 Å². The summed E-state index contributed by atoms with van der Waals surface area (Å²) in [7, 11) is -3.30. The molecule has 2 heterocycles. The van der Waals surface area contributed by atoms with E-state index < -0.39 is 10.0 Å². The van der Waals surface area contributed by atoms with Crippen molar-refractivity contribution in [3.05, 3.63) is 54.9 Å². The second kappa shape index (κ2) is 6.38. The van der Waals surface area contributed by atoms with Crippen LogP contribution in [0.3, 0.4) is 0 Å². The number of anilines is 1. The van der Waals surface area contributed by atoms with E-state index >= 15 is 0 Å². The number of sulfonamides is 1. The Hall–Kier alpha value is -3.00. The normalized spacial score (nSPS) is 13.4. The molecule has 0 bridgehead atoms. The van der Waals surface area contributed by atoms with Crippen molar-refractivity contribution in [2.24, 2.45) is 0 Å². The van der Waals surface area contributed by atoms with Crippen molar-refractivity contribution in [2.45, 2.75) is 0 Å². The van der Waals surface area contributed by atoms with Crippen LogP contribution >= 0.6 is 0 Å². The first kappa shape index (κ1) is 16.5. The second-order valence-corrected chi connectivity index (χ2v) is 7.65. The number of hydrogen-bond acceptors (Lipinski definition) is 5. The van der Waals surface area contributed by atoms with E-state index in [9.17, 15) is 8.42 Å². The third-order valence-corrected chi connectivity index (χ3v) is 4.50. The first-order chi connectivity index (χ1) is 12.5. The summed E-state index contributed by atoms with van der Waals surface area (Å²) in [5.41, 5.74) is 2.28. The number of ether oxygens (including phenoxy) is 2. The van der Waals surface area contributed by atoms with Crippen molar-refractivity contribution < 1.29 is 17.9 Å². The molecule has 0 aliphatic carbocycles. The fourth-order valence-electron chi connectivity index (χ4n) is 2.81. The van der Waals surface area contributed by atoms with Gasteiger partial charge in [0.2, 0.25) is 10.0 Å². The highest BCUT2D eigenvalue weighted by Gasteiger charge is 2.15. The van der Waals surface area contributed by atoms with E-state index in [2.05, 4.69) is 9.71 Å². The smallest absolute Gasteiger partial charge is 0.229 e. The summed E-state index contributed by atoms with van der Waals surface area (Å²) in [4.78, 5) is 4.45. The lowest BCUT2D eigenvalue weighted by atomic mass is 10.1. The van der Waals surface area contributed by atoms with Gasteiger partial charge >= 0.3 is 0 Å². The van der Waals surface area contributed by atoms with Gasteiger partial charge in [0, 0.05) is 29.3 Å². The molecule has 0 amide bonds. The Bertz CT molecular complexity index is 1040. The Balaban J connectivity index is 1.67. The molecule has 1 N–H and O–H groups in total. The zero-order chi connectivity index (χ0) is 18.1. The highest BCUT2D eigenvalue weighted by molar-refractivity contribution is 7.92. The summed E-state index contributed by atoms with van der Waals surface area (Å²) in [5.74, 6) is 2.19. The van der Waals surface area contributed by atoms with Gasteiger partial charge in [-0.15, -0.1) is 0 Å². The minimum atomic E-state index is -3.30. The lowest BCUT2D eigenvalue weighted by Crippen LogP contribution is -2.15. The fraction of sp³-hybridized carbons (Fsp3) is 0.167. The Morgan fingerprint density at radius 1 is 1.04 bits per heavy atom. The minimum absolute atomic E-state index is 0.511. The van der Waals surface area contributed by atoms with Crippen LogP contribution in [0.4, 0.5) is 5.69 Å².